The van der Waals surface area contributed by atoms with E-state index in [9.17, 15) is 4.79 Å². The van der Waals surface area contributed by atoms with Crippen LogP contribution in [0.1, 0.15) is 31.4 Å². The Morgan fingerprint density at radius 3 is 2.54 bits per heavy atom. The summed E-state index contributed by atoms with van der Waals surface area (Å²) in [6, 6.07) is 11.5. The van der Waals surface area contributed by atoms with Gasteiger partial charge in [0.2, 0.25) is 5.91 Å². The SMILES string of the molecule is CCc1ccc(OCCCOc2c(Cl)cc(C=NNC(C)=O)cc2OC)cc1. The molecule has 0 atom stereocenters. The number of nitrogens with one attached hydrogen (secondary N) is 1. The van der Waals surface area contributed by atoms with Crippen molar-refractivity contribution in [1.82, 2.24) is 5.43 Å². The van der Waals surface area contributed by atoms with Gasteiger partial charge in [-0.1, -0.05) is 30.7 Å². The Kier molecular flexibility index (Phi) is 8.62. The molecule has 0 heterocycles. The number of amides is 1. The second-order valence-corrected chi connectivity index (χ2v) is 6.42. The Labute approximate surface area is 170 Å². The number of halogens is 1. The highest BCUT2D eigenvalue weighted by atomic mass is 35.5. The van der Waals surface area contributed by atoms with Crippen LogP contribution in [0.15, 0.2) is 41.5 Å². The van der Waals surface area contributed by atoms with Crippen LogP contribution in [0.5, 0.6) is 17.2 Å². The molecule has 0 aliphatic rings. The largest absolute Gasteiger partial charge is 0.493 e. The number of hydrogen-bond donors (Lipinski definition) is 1. The molecule has 0 fully saturated rings. The predicted molar refractivity (Wildman–Crippen MR) is 111 cm³/mol. The first-order valence-electron chi connectivity index (χ1n) is 9.05. The molecule has 0 saturated heterocycles. The van der Waals surface area contributed by atoms with Crippen molar-refractivity contribution in [3.05, 3.63) is 52.5 Å². The maximum Gasteiger partial charge on any atom is 0.236 e. The highest BCUT2D eigenvalue weighted by Crippen LogP contribution is 2.36. The van der Waals surface area contributed by atoms with Gasteiger partial charge in [-0.25, -0.2) is 5.43 Å². The number of methoxy groups -OCH3 is 1. The summed E-state index contributed by atoms with van der Waals surface area (Å²) in [5.41, 5.74) is 4.30. The molecular weight excluding hydrogens is 380 g/mol. The fourth-order valence-electron chi connectivity index (χ4n) is 2.40. The van der Waals surface area contributed by atoms with Crippen molar-refractivity contribution in [3.63, 3.8) is 0 Å². The van der Waals surface area contributed by atoms with E-state index in [0.29, 0.717) is 41.7 Å². The summed E-state index contributed by atoms with van der Waals surface area (Å²) in [5, 5.41) is 4.22. The van der Waals surface area contributed by atoms with Gasteiger partial charge in [-0.3, -0.25) is 4.79 Å². The van der Waals surface area contributed by atoms with E-state index in [-0.39, 0.29) is 5.91 Å². The Morgan fingerprint density at radius 1 is 1.18 bits per heavy atom. The van der Waals surface area contributed by atoms with Gasteiger partial charge in [-0.15, -0.1) is 0 Å². The number of nitrogens with zero attached hydrogens (tertiary/aromatic N) is 1. The molecule has 0 radical (unpaired) electrons. The van der Waals surface area contributed by atoms with Crippen LogP contribution in [0.25, 0.3) is 0 Å². The molecule has 1 N–H and O–H groups in total. The minimum atomic E-state index is -0.252. The second-order valence-electron chi connectivity index (χ2n) is 6.01. The molecule has 0 unspecified atom stereocenters. The monoisotopic (exact) mass is 404 g/mol. The molecular formula is C21H25ClN2O4. The molecule has 0 saturated carbocycles. The molecule has 150 valence electrons. The van der Waals surface area contributed by atoms with Crippen LogP contribution in [0.4, 0.5) is 0 Å². The van der Waals surface area contributed by atoms with E-state index in [1.54, 1.807) is 12.1 Å². The van der Waals surface area contributed by atoms with Crippen molar-refractivity contribution in [1.29, 1.82) is 0 Å². The zero-order valence-electron chi connectivity index (χ0n) is 16.3. The summed E-state index contributed by atoms with van der Waals surface area (Å²) in [7, 11) is 1.54. The van der Waals surface area contributed by atoms with E-state index in [2.05, 4.69) is 29.6 Å². The van der Waals surface area contributed by atoms with Crippen molar-refractivity contribution >= 4 is 23.7 Å². The minimum absolute atomic E-state index is 0.252. The van der Waals surface area contributed by atoms with Gasteiger partial charge in [0.1, 0.15) is 5.75 Å². The highest BCUT2D eigenvalue weighted by Gasteiger charge is 2.11. The van der Waals surface area contributed by atoms with Gasteiger partial charge in [-0.05, 0) is 41.8 Å². The Hall–Kier alpha value is -2.73. The molecule has 1 amide bonds. The molecule has 0 spiro atoms. The lowest BCUT2D eigenvalue weighted by Gasteiger charge is -2.13. The number of carbonyl (C=O) groups excluding carboxylic acids is 1. The second kappa shape index (κ2) is 11.2. The van der Waals surface area contributed by atoms with Gasteiger partial charge < -0.3 is 14.2 Å². The van der Waals surface area contributed by atoms with E-state index in [1.165, 1.54) is 25.8 Å². The topological polar surface area (TPSA) is 69.2 Å². The molecule has 2 aromatic carbocycles. The summed E-state index contributed by atoms with van der Waals surface area (Å²) < 4.78 is 16.8. The summed E-state index contributed by atoms with van der Waals surface area (Å²) in [4.78, 5) is 10.9. The van der Waals surface area contributed by atoms with E-state index >= 15 is 0 Å². The maximum atomic E-state index is 10.9. The van der Waals surface area contributed by atoms with Crippen LogP contribution in [0.2, 0.25) is 5.02 Å². The zero-order chi connectivity index (χ0) is 20.4. The Bertz CT molecular complexity index is 807. The average molecular weight is 405 g/mol. The van der Waals surface area contributed by atoms with Crippen molar-refractivity contribution in [2.24, 2.45) is 5.10 Å². The van der Waals surface area contributed by atoms with E-state index < -0.39 is 0 Å². The number of hydrazone groups is 1. The number of benzene rings is 2. The summed E-state index contributed by atoms with van der Waals surface area (Å²) in [6.45, 7) is 4.47. The number of rotatable bonds is 10. The number of ether oxygens (including phenoxy) is 3. The molecule has 2 rings (SSSR count). The fraction of sp³-hybridized carbons (Fsp3) is 0.333. The fourth-order valence-corrected chi connectivity index (χ4v) is 2.67. The van der Waals surface area contributed by atoms with Gasteiger partial charge in [-0.2, -0.15) is 5.10 Å². The van der Waals surface area contributed by atoms with Crippen molar-refractivity contribution < 1.29 is 19.0 Å². The van der Waals surface area contributed by atoms with Crippen LogP contribution in [-0.2, 0) is 11.2 Å². The van der Waals surface area contributed by atoms with Gasteiger partial charge in [0, 0.05) is 13.3 Å². The molecule has 0 aliphatic heterocycles. The lowest BCUT2D eigenvalue weighted by atomic mass is 10.2. The first-order valence-corrected chi connectivity index (χ1v) is 9.43. The van der Waals surface area contributed by atoms with Gasteiger partial charge in [0.05, 0.1) is 31.6 Å². The van der Waals surface area contributed by atoms with Crippen LogP contribution in [0.3, 0.4) is 0 Å². The Morgan fingerprint density at radius 2 is 1.89 bits per heavy atom. The molecule has 0 bridgehead atoms. The third kappa shape index (κ3) is 6.78. The van der Waals surface area contributed by atoms with E-state index in [4.69, 9.17) is 25.8 Å². The third-order valence-electron chi connectivity index (χ3n) is 3.82. The minimum Gasteiger partial charge on any atom is -0.493 e. The summed E-state index contributed by atoms with van der Waals surface area (Å²) >= 11 is 6.31. The lowest BCUT2D eigenvalue weighted by molar-refractivity contribution is -0.118. The highest BCUT2D eigenvalue weighted by molar-refractivity contribution is 6.32. The van der Waals surface area contributed by atoms with Crippen molar-refractivity contribution in [2.45, 2.75) is 26.7 Å². The van der Waals surface area contributed by atoms with Crippen LogP contribution < -0.4 is 19.6 Å². The van der Waals surface area contributed by atoms with Gasteiger partial charge >= 0.3 is 0 Å². The number of hydrogen-bond acceptors (Lipinski definition) is 5. The quantitative estimate of drug-likeness (QED) is 0.365. The molecule has 0 aliphatic carbocycles. The molecule has 28 heavy (non-hydrogen) atoms. The standard InChI is InChI=1S/C21H25ClN2O4/c1-4-16-6-8-18(9-7-16)27-10-5-11-28-21-19(22)12-17(13-20(21)26-3)14-23-24-15(2)25/h6-9,12-14H,4-5,10-11H2,1-3H3,(H,24,25). The molecule has 7 heteroatoms. The van der Waals surface area contributed by atoms with E-state index in [1.807, 2.05) is 12.1 Å². The third-order valence-corrected chi connectivity index (χ3v) is 4.10. The molecule has 2 aromatic rings. The van der Waals surface area contributed by atoms with Crippen LogP contribution in [0, 0.1) is 0 Å². The first-order chi connectivity index (χ1) is 13.5. The Balaban J connectivity index is 1.86. The zero-order valence-corrected chi connectivity index (χ0v) is 17.1. The summed E-state index contributed by atoms with van der Waals surface area (Å²) in [6.07, 6.45) is 3.19. The predicted octanol–water partition coefficient (Wildman–Crippen LogP) is 4.23. The van der Waals surface area contributed by atoms with Crippen molar-refractivity contribution in [2.75, 3.05) is 20.3 Å². The molecule has 0 aromatic heterocycles. The lowest BCUT2D eigenvalue weighted by Crippen LogP contribution is -2.12. The molecule has 6 nitrogen and oxygen atoms in total. The first kappa shape index (κ1) is 21.6. The average Bonchev–Trinajstić information content (AvgIpc) is 2.69. The summed E-state index contributed by atoms with van der Waals surface area (Å²) in [5.74, 6) is 1.55. The van der Waals surface area contributed by atoms with Gasteiger partial charge in [0.25, 0.3) is 0 Å². The number of carbonyl (C=O) groups is 1. The van der Waals surface area contributed by atoms with Gasteiger partial charge in [0.15, 0.2) is 11.5 Å². The number of aryl methyl sites for hydroxylation is 1. The van der Waals surface area contributed by atoms with Crippen LogP contribution in [-0.4, -0.2) is 32.4 Å². The van der Waals surface area contributed by atoms with Crippen LogP contribution >= 0.6 is 11.6 Å². The smallest absolute Gasteiger partial charge is 0.236 e. The van der Waals surface area contributed by atoms with E-state index in [0.717, 1.165) is 12.2 Å². The maximum absolute atomic E-state index is 10.9. The normalized spacial score (nSPS) is 10.7. The van der Waals surface area contributed by atoms with Crippen molar-refractivity contribution in [3.8, 4) is 17.2 Å².